The first-order chi connectivity index (χ1) is 17.6. The predicted octanol–water partition coefficient (Wildman–Crippen LogP) is 2.24. The van der Waals surface area contributed by atoms with Crippen LogP contribution in [0.25, 0.3) is 28.0 Å². The van der Waals surface area contributed by atoms with E-state index in [9.17, 15) is 4.79 Å². The van der Waals surface area contributed by atoms with Crippen LogP contribution in [0.1, 0.15) is 32.1 Å². The Morgan fingerprint density at radius 2 is 1.89 bits per heavy atom. The van der Waals surface area contributed by atoms with Crippen LogP contribution in [0.15, 0.2) is 42.9 Å². The lowest BCUT2D eigenvalue weighted by molar-refractivity contribution is -0.121. The molecule has 11 heteroatoms. The molecule has 3 aromatic heterocycles. The van der Waals surface area contributed by atoms with Gasteiger partial charge in [-0.25, -0.2) is 4.98 Å². The minimum Gasteiger partial charge on any atom is -0.369 e. The third-order valence-electron chi connectivity index (χ3n) is 7.28. The van der Waals surface area contributed by atoms with Crippen LogP contribution in [-0.4, -0.2) is 71.2 Å². The van der Waals surface area contributed by atoms with Crippen molar-refractivity contribution < 1.29 is 4.79 Å². The SMILES string of the molecule is NC(=O)[C@H]1CC[C@@H](Nc2ncc3nnn(-c4ccc(-c5cnn(CCN6CCCC6)c5)cc4)c3n2)C1. The third kappa shape index (κ3) is 4.66. The number of nitrogens with two attached hydrogens (primary N) is 1. The summed E-state index contributed by atoms with van der Waals surface area (Å²) in [7, 11) is 0. The summed E-state index contributed by atoms with van der Waals surface area (Å²) in [5.74, 6) is 0.170. The van der Waals surface area contributed by atoms with E-state index in [0.29, 0.717) is 23.5 Å². The smallest absolute Gasteiger partial charge is 0.225 e. The van der Waals surface area contributed by atoms with Gasteiger partial charge in [0.05, 0.1) is 24.6 Å². The van der Waals surface area contributed by atoms with Crippen LogP contribution < -0.4 is 11.1 Å². The lowest BCUT2D eigenvalue weighted by Gasteiger charge is -2.13. The second-order valence-electron chi connectivity index (χ2n) is 9.75. The van der Waals surface area contributed by atoms with Gasteiger partial charge in [-0.05, 0) is 62.9 Å². The van der Waals surface area contributed by atoms with Crippen LogP contribution in [-0.2, 0) is 11.3 Å². The van der Waals surface area contributed by atoms with Gasteiger partial charge in [0.1, 0.15) is 0 Å². The number of hydrogen-bond acceptors (Lipinski definition) is 8. The highest BCUT2D eigenvalue weighted by Crippen LogP contribution is 2.27. The van der Waals surface area contributed by atoms with E-state index in [1.165, 1.54) is 25.9 Å². The van der Waals surface area contributed by atoms with E-state index < -0.39 is 0 Å². The molecule has 4 heterocycles. The average Bonchev–Trinajstić information content (AvgIpc) is 3.70. The molecule has 1 amide bonds. The molecule has 2 fully saturated rings. The molecule has 4 aromatic rings. The van der Waals surface area contributed by atoms with Crippen molar-refractivity contribution >= 4 is 23.0 Å². The van der Waals surface area contributed by atoms with Gasteiger partial charge in [-0.15, -0.1) is 5.10 Å². The van der Waals surface area contributed by atoms with Crippen molar-refractivity contribution in [3.63, 3.8) is 0 Å². The number of amides is 1. The summed E-state index contributed by atoms with van der Waals surface area (Å²) in [5.41, 5.74) is 9.75. The van der Waals surface area contributed by atoms with Crippen LogP contribution in [0, 0.1) is 5.92 Å². The van der Waals surface area contributed by atoms with Crippen LogP contribution in [0.4, 0.5) is 5.95 Å². The molecule has 11 nitrogen and oxygen atoms in total. The van der Waals surface area contributed by atoms with Crippen molar-refractivity contribution in [1.82, 2.24) is 39.6 Å². The first kappa shape index (κ1) is 22.6. The van der Waals surface area contributed by atoms with E-state index in [1.54, 1.807) is 10.9 Å². The minimum atomic E-state index is -0.240. The fraction of sp³-hybridized carbons (Fsp3) is 0.440. The quantitative estimate of drug-likeness (QED) is 0.387. The number of nitrogens with one attached hydrogen (secondary N) is 1. The summed E-state index contributed by atoms with van der Waals surface area (Å²) < 4.78 is 3.74. The summed E-state index contributed by atoms with van der Waals surface area (Å²) in [6.07, 6.45) is 10.7. The zero-order chi connectivity index (χ0) is 24.5. The predicted molar refractivity (Wildman–Crippen MR) is 135 cm³/mol. The summed E-state index contributed by atoms with van der Waals surface area (Å²) in [4.78, 5) is 23.0. The molecule has 2 atom stereocenters. The molecular formula is C25H30N10O. The summed E-state index contributed by atoms with van der Waals surface area (Å²) in [6.45, 7) is 4.35. The first-order valence-electron chi connectivity index (χ1n) is 12.6. The Hall–Kier alpha value is -3.86. The molecule has 3 N–H and O–H groups in total. The molecule has 1 aliphatic carbocycles. The van der Waals surface area contributed by atoms with Crippen molar-refractivity contribution in [3.8, 4) is 16.8 Å². The van der Waals surface area contributed by atoms with Gasteiger partial charge < -0.3 is 16.0 Å². The first-order valence-corrected chi connectivity index (χ1v) is 12.6. The summed E-state index contributed by atoms with van der Waals surface area (Å²) in [5, 5.41) is 16.4. The molecule has 1 aromatic carbocycles. The van der Waals surface area contributed by atoms with Crippen LogP contribution in [0.2, 0.25) is 0 Å². The van der Waals surface area contributed by atoms with Gasteiger partial charge in [-0.3, -0.25) is 9.48 Å². The number of carbonyl (C=O) groups is 1. The van der Waals surface area contributed by atoms with Gasteiger partial charge in [-0.2, -0.15) is 14.8 Å². The van der Waals surface area contributed by atoms with E-state index in [1.807, 2.05) is 23.0 Å². The van der Waals surface area contributed by atoms with Gasteiger partial charge >= 0.3 is 0 Å². The molecule has 2 aliphatic rings. The number of carbonyl (C=O) groups excluding carboxylic acids is 1. The number of benzene rings is 1. The lowest BCUT2D eigenvalue weighted by Crippen LogP contribution is -2.24. The fourth-order valence-electron chi connectivity index (χ4n) is 5.21. The Morgan fingerprint density at radius 1 is 1.06 bits per heavy atom. The Balaban J connectivity index is 1.16. The summed E-state index contributed by atoms with van der Waals surface area (Å²) in [6, 6.07) is 8.27. The molecule has 36 heavy (non-hydrogen) atoms. The number of aromatic nitrogens is 7. The number of rotatable bonds is 8. The zero-order valence-corrected chi connectivity index (χ0v) is 20.1. The van der Waals surface area contributed by atoms with Crippen LogP contribution in [0.5, 0.6) is 0 Å². The van der Waals surface area contributed by atoms with Crippen molar-refractivity contribution in [1.29, 1.82) is 0 Å². The highest BCUT2D eigenvalue weighted by molar-refractivity contribution is 5.77. The third-order valence-corrected chi connectivity index (χ3v) is 7.28. The van der Waals surface area contributed by atoms with E-state index in [2.05, 4.69) is 53.9 Å². The fourth-order valence-corrected chi connectivity index (χ4v) is 5.21. The van der Waals surface area contributed by atoms with Gasteiger partial charge in [0.25, 0.3) is 0 Å². The highest BCUT2D eigenvalue weighted by atomic mass is 16.1. The standard InChI is InChI=1S/C25H30N10O/c26-23(36)18-3-6-20(13-18)29-25-27-15-22-24(30-25)35(32-31-22)21-7-4-17(5-8-21)19-14-28-34(16-19)12-11-33-9-1-2-10-33/h4-5,7-8,14-16,18,20H,1-3,6,9-13H2,(H2,26,36)(H,27,29,30)/t18-,20+/m0/s1. The second kappa shape index (κ2) is 9.65. The number of likely N-dealkylation sites (tertiary alicyclic amines) is 1. The number of fused-ring (bicyclic) bond motifs is 1. The Kier molecular flexibility index (Phi) is 6.06. The van der Waals surface area contributed by atoms with Crippen molar-refractivity contribution in [2.75, 3.05) is 25.0 Å². The maximum absolute atomic E-state index is 11.5. The number of primary amides is 1. The number of anilines is 1. The zero-order valence-electron chi connectivity index (χ0n) is 20.1. The molecule has 6 rings (SSSR count). The molecule has 1 saturated carbocycles. The topological polar surface area (TPSA) is 133 Å². The van der Waals surface area contributed by atoms with Crippen molar-refractivity contribution in [2.45, 2.75) is 44.7 Å². The highest BCUT2D eigenvalue weighted by Gasteiger charge is 2.29. The van der Waals surface area contributed by atoms with Crippen LogP contribution >= 0.6 is 0 Å². The minimum absolute atomic E-state index is 0.0888. The van der Waals surface area contributed by atoms with E-state index in [-0.39, 0.29) is 17.9 Å². The number of nitrogens with zero attached hydrogens (tertiary/aromatic N) is 8. The normalized spacial score (nSPS) is 20.3. The van der Waals surface area contributed by atoms with E-state index >= 15 is 0 Å². The van der Waals surface area contributed by atoms with E-state index in [4.69, 9.17) is 5.73 Å². The molecule has 0 spiro atoms. The number of hydrogen-bond donors (Lipinski definition) is 2. The monoisotopic (exact) mass is 486 g/mol. The molecule has 0 radical (unpaired) electrons. The molecule has 0 unspecified atom stereocenters. The molecule has 1 saturated heterocycles. The lowest BCUT2D eigenvalue weighted by atomic mass is 10.1. The second-order valence-corrected chi connectivity index (χ2v) is 9.75. The van der Waals surface area contributed by atoms with Gasteiger partial charge in [0.2, 0.25) is 11.9 Å². The van der Waals surface area contributed by atoms with Gasteiger partial charge in [0.15, 0.2) is 11.2 Å². The molecule has 186 valence electrons. The van der Waals surface area contributed by atoms with E-state index in [0.717, 1.165) is 42.7 Å². The average molecular weight is 487 g/mol. The Labute approximate surface area is 208 Å². The van der Waals surface area contributed by atoms with Crippen molar-refractivity contribution in [3.05, 3.63) is 42.9 Å². The van der Waals surface area contributed by atoms with Crippen molar-refractivity contribution in [2.24, 2.45) is 11.7 Å². The maximum atomic E-state index is 11.5. The van der Waals surface area contributed by atoms with Crippen LogP contribution in [0.3, 0.4) is 0 Å². The largest absolute Gasteiger partial charge is 0.369 e. The maximum Gasteiger partial charge on any atom is 0.225 e. The summed E-state index contributed by atoms with van der Waals surface area (Å²) >= 11 is 0. The van der Waals surface area contributed by atoms with Gasteiger partial charge in [0, 0.05) is 30.3 Å². The molecule has 1 aliphatic heterocycles. The molecule has 0 bridgehead atoms. The molecular weight excluding hydrogens is 456 g/mol. The Morgan fingerprint density at radius 3 is 2.67 bits per heavy atom. The van der Waals surface area contributed by atoms with Gasteiger partial charge in [-0.1, -0.05) is 17.3 Å². The Bertz CT molecular complexity index is 1350.